The van der Waals surface area contributed by atoms with Crippen LogP contribution in [0.1, 0.15) is 85.0 Å². The fourth-order valence-corrected chi connectivity index (χ4v) is 12.5. The van der Waals surface area contributed by atoms with E-state index in [9.17, 15) is 14.9 Å². The number of carbonyl (C=O) groups is 1. The summed E-state index contributed by atoms with van der Waals surface area (Å²) in [5.41, 5.74) is 6.86. The molecule has 3 aromatic heterocycles. The maximum atomic E-state index is 13.9. The normalized spacial score (nSPS) is 22.7. The third-order valence-electron chi connectivity index (χ3n) is 14.5. The van der Waals surface area contributed by atoms with Gasteiger partial charge in [-0.3, -0.25) is 29.4 Å². The highest BCUT2D eigenvalue weighted by Crippen LogP contribution is 2.53. The van der Waals surface area contributed by atoms with Crippen molar-refractivity contribution in [1.82, 2.24) is 29.8 Å². The number of nitrogens with one attached hydrogen (secondary N) is 3. The molecule has 1 amide bonds. The van der Waals surface area contributed by atoms with Crippen LogP contribution >= 0.6 is 23.3 Å². The number of piperazine rings is 1. The van der Waals surface area contributed by atoms with Crippen molar-refractivity contribution in [1.29, 1.82) is 0 Å². The third-order valence-corrected chi connectivity index (χ3v) is 16.4. The number of piperidine rings is 1. The number of aromatic amines is 1. The molecular weight excluding hydrogens is 853 g/mol. The average Bonchev–Trinajstić information content (AvgIpc) is 3.99. The van der Waals surface area contributed by atoms with E-state index in [1.807, 2.05) is 60.0 Å². The Morgan fingerprint density at radius 3 is 2.68 bits per heavy atom. The van der Waals surface area contributed by atoms with Crippen LogP contribution in [0.3, 0.4) is 0 Å². The highest BCUT2D eigenvalue weighted by Gasteiger charge is 2.50. The number of pyridine rings is 1. The molecule has 14 heteroatoms. The molecule has 65 heavy (non-hydrogen) atoms. The summed E-state index contributed by atoms with van der Waals surface area (Å²) in [6.07, 6.45) is 12.3. The highest BCUT2D eigenvalue weighted by atomic mass is 32.2. The van der Waals surface area contributed by atoms with E-state index in [-0.39, 0.29) is 22.1 Å². The number of likely N-dealkylation sites (N-methyl/N-ethyl adjacent to an activating group) is 1. The van der Waals surface area contributed by atoms with Gasteiger partial charge in [-0.2, -0.15) is 0 Å². The van der Waals surface area contributed by atoms with Crippen molar-refractivity contribution in [3.8, 4) is 11.5 Å². The Bertz CT molecular complexity index is 2700. The van der Waals surface area contributed by atoms with Gasteiger partial charge >= 0.3 is 0 Å². The Morgan fingerprint density at radius 1 is 1.02 bits per heavy atom. The standard InChI is InChI=1S/C51H58N8O4S2/c1-33(2)41-6-4-5-7-42(41)46-32-56(31-34-8-13-48-35(24-34)15-23-64-48)21-22-58(46)38-28-51(29-38)16-19-57(20-17-51)37-9-11-43(47(26-37)63-39-25-36-14-18-53-49(36)54-30-39)50(60)55-65-40-10-12-44(52-3)45(27-40)59(61)62/h4-15,18,23-26,30,33,38,40,44-46,52H,16-17,19-22,27-29,31-32H2,1-3H3,(H,53,54)(H,55,60). The van der Waals surface area contributed by atoms with Gasteiger partial charge in [0.25, 0.3) is 5.91 Å². The van der Waals surface area contributed by atoms with Crippen LogP contribution in [0.5, 0.6) is 11.5 Å². The van der Waals surface area contributed by atoms with Crippen LogP contribution in [-0.4, -0.2) is 93.7 Å². The van der Waals surface area contributed by atoms with Crippen molar-refractivity contribution in [2.45, 2.75) is 87.8 Å². The van der Waals surface area contributed by atoms with E-state index in [1.54, 1.807) is 13.2 Å². The quantitative estimate of drug-likeness (QED) is 0.0446. The van der Waals surface area contributed by atoms with E-state index in [2.05, 4.69) is 102 Å². The van der Waals surface area contributed by atoms with E-state index in [0.717, 1.165) is 68.8 Å². The van der Waals surface area contributed by atoms with Crippen molar-refractivity contribution < 1.29 is 14.5 Å². The molecule has 0 bridgehead atoms. The summed E-state index contributed by atoms with van der Waals surface area (Å²) >= 11 is 3.01. The van der Waals surface area contributed by atoms with Crippen LogP contribution in [0, 0.1) is 15.5 Å². The minimum Gasteiger partial charge on any atom is -0.455 e. The second-order valence-electron chi connectivity index (χ2n) is 18.9. The van der Waals surface area contributed by atoms with Crippen molar-refractivity contribution in [2.75, 3.05) is 44.7 Å². The third kappa shape index (κ3) is 9.16. The molecule has 5 heterocycles. The predicted molar refractivity (Wildman–Crippen MR) is 263 cm³/mol. The van der Waals surface area contributed by atoms with E-state index in [4.69, 9.17) is 4.74 Å². The Morgan fingerprint density at radius 2 is 1.86 bits per heavy atom. The van der Waals surface area contributed by atoms with Gasteiger partial charge in [0.1, 0.15) is 17.1 Å². The molecule has 2 aliphatic heterocycles. The van der Waals surface area contributed by atoms with Gasteiger partial charge in [-0.1, -0.05) is 56.3 Å². The zero-order valence-electron chi connectivity index (χ0n) is 37.3. The molecule has 338 valence electrons. The molecule has 4 atom stereocenters. The molecule has 1 spiro atoms. The van der Waals surface area contributed by atoms with E-state index < -0.39 is 6.04 Å². The minimum absolute atomic E-state index is 0.238. The molecule has 0 radical (unpaired) electrons. The molecule has 2 saturated heterocycles. The van der Waals surface area contributed by atoms with E-state index in [1.165, 1.54) is 51.6 Å². The zero-order valence-corrected chi connectivity index (χ0v) is 39.0. The smallest absolute Gasteiger partial charge is 0.264 e. The number of aromatic nitrogens is 2. The molecule has 6 aromatic rings. The lowest BCUT2D eigenvalue weighted by atomic mass is 9.59. The van der Waals surface area contributed by atoms with Crippen molar-refractivity contribution in [3.05, 3.63) is 141 Å². The Balaban J connectivity index is 0.822. The molecule has 12 nitrogen and oxygen atoms in total. The minimum atomic E-state index is -0.772. The van der Waals surface area contributed by atoms with Crippen molar-refractivity contribution >= 4 is 56.0 Å². The summed E-state index contributed by atoms with van der Waals surface area (Å²) in [7, 11) is 1.72. The van der Waals surface area contributed by atoms with Gasteiger partial charge in [0.2, 0.25) is 6.04 Å². The zero-order chi connectivity index (χ0) is 44.7. The number of H-pyrrole nitrogens is 1. The molecule has 4 unspecified atom stereocenters. The number of thiophene rings is 1. The Hall–Kier alpha value is -5.25. The van der Waals surface area contributed by atoms with Gasteiger partial charge in [-0.05, 0) is 126 Å². The maximum Gasteiger partial charge on any atom is 0.264 e. The fraction of sp³-hybridized carbons (Fsp3) is 0.412. The number of amides is 1. The van der Waals surface area contributed by atoms with Crippen LogP contribution in [0.2, 0.25) is 0 Å². The van der Waals surface area contributed by atoms with Crippen molar-refractivity contribution in [3.63, 3.8) is 0 Å². The topological polar surface area (TPSA) is 132 Å². The van der Waals surface area contributed by atoms with Gasteiger partial charge in [0, 0.05) is 96.0 Å². The van der Waals surface area contributed by atoms with E-state index >= 15 is 0 Å². The lowest BCUT2D eigenvalue weighted by molar-refractivity contribution is -0.526. The summed E-state index contributed by atoms with van der Waals surface area (Å²) in [5, 5.41) is 19.0. The van der Waals surface area contributed by atoms with Gasteiger partial charge in [-0.25, -0.2) is 4.98 Å². The molecule has 10 rings (SSSR count). The van der Waals surface area contributed by atoms with E-state index in [0.29, 0.717) is 46.9 Å². The van der Waals surface area contributed by atoms with Crippen LogP contribution in [0.4, 0.5) is 5.69 Å². The lowest BCUT2D eigenvalue weighted by Gasteiger charge is -2.58. The molecule has 3 aromatic carbocycles. The van der Waals surface area contributed by atoms with Gasteiger partial charge in [-0.15, -0.1) is 11.3 Å². The lowest BCUT2D eigenvalue weighted by Crippen LogP contribution is -2.60. The largest absolute Gasteiger partial charge is 0.455 e. The van der Waals surface area contributed by atoms with Crippen LogP contribution < -0.4 is 19.7 Å². The number of hydrogen-bond donors (Lipinski definition) is 3. The monoisotopic (exact) mass is 910 g/mol. The van der Waals surface area contributed by atoms with Gasteiger partial charge in [0.15, 0.2) is 0 Å². The predicted octanol–water partition coefficient (Wildman–Crippen LogP) is 9.94. The number of nitro groups is 1. The molecule has 3 N–H and O–H groups in total. The van der Waals surface area contributed by atoms with Crippen LogP contribution in [0.25, 0.3) is 21.1 Å². The van der Waals surface area contributed by atoms with Gasteiger partial charge < -0.3 is 19.9 Å². The number of benzene rings is 3. The first-order chi connectivity index (χ1) is 31.6. The first kappa shape index (κ1) is 43.6. The molecule has 4 aliphatic rings. The SMILES string of the molecule is CNC1C=CC(SNC(=O)c2ccc(N3CCC4(CC3)CC(N3CCN(Cc5ccc6sccc6c5)CC3c3ccccc3C(C)C)C4)cc2Oc2cnc3[nH]ccc3c2)CC1[N+](=O)[O-]. The second kappa shape index (κ2) is 18.6. The number of rotatable bonds is 13. The first-order valence-electron chi connectivity index (χ1n) is 23.1. The van der Waals surface area contributed by atoms with Gasteiger partial charge in [0.05, 0.1) is 17.8 Å². The summed E-state index contributed by atoms with van der Waals surface area (Å²) in [6.45, 7) is 10.7. The summed E-state index contributed by atoms with van der Waals surface area (Å²) in [5.74, 6) is 1.12. The number of nitrogens with zero attached hydrogens (tertiary/aromatic N) is 5. The molecular formula is C51H58N8O4S2. The molecule has 3 fully saturated rings. The number of hydrogen-bond acceptors (Lipinski definition) is 11. The average molecular weight is 911 g/mol. The fourth-order valence-electron chi connectivity index (χ4n) is 10.9. The van der Waals surface area contributed by atoms with Crippen molar-refractivity contribution in [2.24, 2.45) is 5.41 Å². The van der Waals surface area contributed by atoms with Crippen LogP contribution in [0.15, 0.2) is 109 Å². The van der Waals surface area contributed by atoms with Crippen LogP contribution in [-0.2, 0) is 6.54 Å². The number of anilines is 1. The second-order valence-corrected chi connectivity index (χ2v) is 20.9. The molecule has 2 aliphatic carbocycles. The summed E-state index contributed by atoms with van der Waals surface area (Å²) in [4.78, 5) is 41.0. The maximum absolute atomic E-state index is 13.9. The highest BCUT2D eigenvalue weighted by molar-refractivity contribution is 7.98. The number of fused-ring (bicyclic) bond motifs is 2. The Kier molecular flexibility index (Phi) is 12.5. The number of ether oxygens (including phenoxy) is 1. The summed E-state index contributed by atoms with van der Waals surface area (Å²) in [6, 6.07) is 27.9. The molecule has 1 saturated carbocycles. The Labute approximate surface area is 389 Å². The first-order valence-corrected chi connectivity index (χ1v) is 24.9. The number of carbonyl (C=O) groups excluding carboxylic acids is 1. The summed E-state index contributed by atoms with van der Waals surface area (Å²) < 4.78 is 10.8.